The van der Waals surface area contributed by atoms with Crippen molar-refractivity contribution in [1.82, 2.24) is 0 Å². The van der Waals surface area contributed by atoms with E-state index in [4.69, 9.17) is 14.3 Å². The van der Waals surface area contributed by atoms with E-state index in [-0.39, 0.29) is 11.8 Å². The van der Waals surface area contributed by atoms with Crippen LogP contribution >= 0.6 is 15.9 Å². The summed E-state index contributed by atoms with van der Waals surface area (Å²) >= 11 is 3.62. The number of hydrogen-bond donors (Lipinski definition) is 1. The maximum Gasteiger partial charge on any atom is 0.304 e. The van der Waals surface area contributed by atoms with E-state index in [1.165, 1.54) is 0 Å². The summed E-state index contributed by atoms with van der Waals surface area (Å²) < 4.78 is 12.0. The van der Waals surface area contributed by atoms with Gasteiger partial charge in [-0.15, -0.1) is 0 Å². The molecule has 2 aromatic rings. The molecule has 106 valence electrons. The van der Waals surface area contributed by atoms with E-state index in [0.29, 0.717) is 11.3 Å². The Morgan fingerprint density at radius 2 is 2.20 bits per heavy atom. The Balaban J connectivity index is 2.21. The van der Waals surface area contributed by atoms with Gasteiger partial charge in [0.15, 0.2) is 11.3 Å². The maximum absolute atomic E-state index is 11.1. The van der Waals surface area contributed by atoms with E-state index in [0.717, 1.165) is 34.0 Å². The number of carboxylic acids is 1. The average Bonchev–Trinajstić information content (AvgIpc) is 3.02. The van der Waals surface area contributed by atoms with Crippen molar-refractivity contribution in [3.05, 3.63) is 27.9 Å². The number of aliphatic carboxylic acids is 1. The molecule has 0 amide bonds. The summed E-state index contributed by atoms with van der Waals surface area (Å²) in [5.74, 6) is 0.694. The zero-order valence-electron chi connectivity index (χ0n) is 11.3. The van der Waals surface area contributed by atoms with E-state index in [1.807, 2.05) is 19.1 Å². The molecule has 1 N–H and O–H groups in total. The lowest BCUT2D eigenvalue weighted by molar-refractivity contribution is -0.137. The minimum atomic E-state index is -0.767. The molecule has 0 atom stereocenters. The molecule has 1 aromatic heterocycles. The van der Waals surface area contributed by atoms with Crippen molar-refractivity contribution in [3.63, 3.8) is 0 Å². The van der Waals surface area contributed by atoms with Crippen LogP contribution in [-0.4, -0.2) is 18.2 Å². The lowest BCUT2D eigenvalue weighted by Crippen LogP contribution is -2.13. The van der Waals surface area contributed by atoms with E-state index >= 15 is 0 Å². The summed E-state index contributed by atoms with van der Waals surface area (Å²) in [7, 11) is 1.60. The Hall–Kier alpha value is -1.49. The first-order valence-electron chi connectivity index (χ1n) is 6.46. The predicted molar refractivity (Wildman–Crippen MR) is 78.4 cm³/mol. The minimum absolute atomic E-state index is 0.150. The average molecular weight is 339 g/mol. The van der Waals surface area contributed by atoms with Gasteiger partial charge in [-0.3, -0.25) is 4.79 Å². The number of carbonyl (C=O) groups is 1. The van der Waals surface area contributed by atoms with Crippen molar-refractivity contribution in [2.75, 3.05) is 7.11 Å². The minimum Gasteiger partial charge on any atom is -0.493 e. The molecule has 3 rings (SSSR count). The molecule has 1 heterocycles. The zero-order chi connectivity index (χ0) is 14.5. The molecule has 1 aliphatic carbocycles. The topological polar surface area (TPSA) is 59.7 Å². The molecular weight excluding hydrogens is 324 g/mol. The summed E-state index contributed by atoms with van der Waals surface area (Å²) in [6, 6.07) is 3.85. The molecule has 4 nitrogen and oxygen atoms in total. The van der Waals surface area contributed by atoms with Crippen LogP contribution in [0, 0.1) is 6.92 Å². The molecule has 20 heavy (non-hydrogen) atoms. The second-order valence-corrected chi connectivity index (χ2v) is 6.18. The Labute approximate surface area is 124 Å². The van der Waals surface area contributed by atoms with Gasteiger partial charge in [0.2, 0.25) is 0 Å². The van der Waals surface area contributed by atoms with Crippen molar-refractivity contribution in [2.24, 2.45) is 0 Å². The highest BCUT2D eigenvalue weighted by Crippen LogP contribution is 2.55. The fourth-order valence-corrected chi connectivity index (χ4v) is 3.61. The molecule has 1 aliphatic rings. The van der Waals surface area contributed by atoms with Gasteiger partial charge in [0.05, 0.1) is 13.5 Å². The monoisotopic (exact) mass is 338 g/mol. The Bertz CT molecular complexity index is 697. The van der Waals surface area contributed by atoms with E-state index in [2.05, 4.69) is 15.9 Å². The first-order valence-corrected chi connectivity index (χ1v) is 7.25. The third-order valence-corrected chi connectivity index (χ3v) is 4.82. The number of methoxy groups -OCH3 is 1. The number of hydrogen-bond acceptors (Lipinski definition) is 3. The predicted octanol–water partition coefficient (Wildman–Crippen LogP) is 4.02. The van der Waals surface area contributed by atoms with Gasteiger partial charge in [-0.25, -0.2) is 0 Å². The van der Waals surface area contributed by atoms with Crippen LogP contribution in [0.4, 0.5) is 0 Å². The molecule has 0 aliphatic heterocycles. The van der Waals surface area contributed by atoms with Gasteiger partial charge in [-0.05, 0) is 53.4 Å². The van der Waals surface area contributed by atoms with E-state index < -0.39 is 5.97 Å². The summed E-state index contributed by atoms with van der Waals surface area (Å²) in [5, 5.41) is 10.1. The molecule has 0 saturated heterocycles. The number of furan rings is 1. The molecule has 5 heteroatoms. The second-order valence-electron chi connectivity index (χ2n) is 5.39. The van der Waals surface area contributed by atoms with Crippen molar-refractivity contribution < 1.29 is 19.1 Å². The van der Waals surface area contributed by atoms with Gasteiger partial charge in [0, 0.05) is 15.3 Å². The number of rotatable bonds is 4. The number of fused-ring (bicyclic) bond motifs is 1. The molecule has 0 radical (unpaired) electrons. The second kappa shape index (κ2) is 4.52. The lowest BCUT2D eigenvalue weighted by atomic mass is 9.91. The molecular formula is C15H15BrO4. The number of carboxylic acid groups (broad SMARTS) is 1. The first-order chi connectivity index (χ1) is 9.47. The lowest BCUT2D eigenvalue weighted by Gasteiger charge is -2.17. The molecule has 0 unspecified atom stereocenters. The van der Waals surface area contributed by atoms with Gasteiger partial charge in [-0.1, -0.05) is 0 Å². The number of benzene rings is 1. The Kier molecular flexibility index (Phi) is 3.05. The standard InChI is InChI=1S/C15H15BrO4/c1-8-5-9-13(16)10(6-11(19-2)14(9)20-8)15(3-4-15)7-12(17)18/h5-6H,3-4,7H2,1-2H3,(H,17,18). The van der Waals surface area contributed by atoms with Crippen LogP contribution in [0.2, 0.25) is 0 Å². The molecule has 0 bridgehead atoms. The largest absolute Gasteiger partial charge is 0.493 e. The maximum atomic E-state index is 11.1. The van der Waals surface area contributed by atoms with Gasteiger partial charge in [0.1, 0.15) is 5.76 Å². The van der Waals surface area contributed by atoms with Crippen LogP contribution in [0.3, 0.4) is 0 Å². The normalized spacial score (nSPS) is 16.4. The first kappa shape index (κ1) is 13.5. The Morgan fingerprint density at radius 1 is 1.50 bits per heavy atom. The summed E-state index contributed by atoms with van der Waals surface area (Å²) in [6.45, 7) is 1.88. The van der Waals surface area contributed by atoms with E-state index in [1.54, 1.807) is 7.11 Å². The van der Waals surface area contributed by atoms with Gasteiger partial charge in [0.25, 0.3) is 0 Å². The highest BCUT2D eigenvalue weighted by molar-refractivity contribution is 9.10. The highest BCUT2D eigenvalue weighted by atomic mass is 79.9. The third kappa shape index (κ3) is 2.00. The SMILES string of the molecule is COc1cc(C2(CC(=O)O)CC2)c(Br)c2cc(C)oc12. The van der Waals surface area contributed by atoms with Gasteiger partial charge < -0.3 is 14.3 Å². The number of aryl methyl sites for hydroxylation is 1. The van der Waals surface area contributed by atoms with Crippen LogP contribution in [0.1, 0.15) is 30.6 Å². The summed E-state index contributed by atoms with van der Waals surface area (Å²) in [4.78, 5) is 11.1. The van der Waals surface area contributed by atoms with Gasteiger partial charge in [-0.2, -0.15) is 0 Å². The van der Waals surface area contributed by atoms with Crippen LogP contribution in [0.15, 0.2) is 21.0 Å². The Morgan fingerprint density at radius 3 is 2.75 bits per heavy atom. The number of ether oxygens (including phenoxy) is 1. The van der Waals surface area contributed by atoms with Crippen LogP contribution in [0.5, 0.6) is 5.75 Å². The quantitative estimate of drug-likeness (QED) is 0.914. The van der Waals surface area contributed by atoms with Gasteiger partial charge >= 0.3 is 5.97 Å². The van der Waals surface area contributed by atoms with Crippen molar-refractivity contribution >= 4 is 32.9 Å². The summed E-state index contributed by atoms with van der Waals surface area (Å²) in [6.07, 6.45) is 1.93. The van der Waals surface area contributed by atoms with Crippen LogP contribution < -0.4 is 4.74 Å². The van der Waals surface area contributed by atoms with Crippen LogP contribution in [-0.2, 0) is 10.2 Å². The van der Waals surface area contributed by atoms with Crippen LogP contribution in [0.25, 0.3) is 11.0 Å². The van der Waals surface area contributed by atoms with E-state index in [9.17, 15) is 4.79 Å². The fourth-order valence-electron chi connectivity index (χ4n) is 2.78. The summed E-state index contributed by atoms with van der Waals surface area (Å²) in [5.41, 5.74) is 1.44. The smallest absolute Gasteiger partial charge is 0.304 e. The molecule has 1 saturated carbocycles. The fraction of sp³-hybridized carbons (Fsp3) is 0.400. The van der Waals surface area contributed by atoms with Crippen molar-refractivity contribution in [2.45, 2.75) is 31.6 Å². The van der Waals surface area contributed by atoms with Crippen molar-refractivity contribution in [3.8, 4) is 5.75 Å². The number of halogens is 1. The molecule has 1 fully saturated rings. The zero-order valence-corrected chi connectivity index (χ0v) is 12.9. The third-order valence-electron chi connectivity index (χ3n) is 3.96. The molecule has 1 aromatic carbocycles. The molecule has 0 spiro atoms. The highest BCUT2D eigenvalue weighted by Gasteiger charge is 2.47. The van der Waals surface area contributed by atoms with Crippen molar-refractivity contribution in [1.29, 1.82) is 0 Å².